The Morgan fingerprint density at radius 2 is 1.35 bits per heavy atom. The van der Waals surface area contributed by atoms with Crippen molar-refractivity contribution in [3.8, 4) is 0 Å². The number of rotatable bonds is 20. The number of hydrogen-bond acceptors (Lipinski definition) is 2. The summed E-state index contributed by atoms with van der Waals surface area (Å²) in [6.07, 6.45) is 30.6. The Bertz CT molecular complexity index is 768. The average Bonchev–Trinajstić information content (AvgIpc) is 2.90. The van der Waals surface area contributed by atoms with Gasteiger partial charge in [-0.2, -0.15) is 0 Å². The number of carbonyl (C=O) groups is 1. The summed E-state index contributed by atoms with van der Waals surface area (Å²) in [6.45, 7) is 6.45. The highest BCUT2D eigenvalue weighted by Crippen LogP contribution is 2.27. The van der Waals surface area contributed by atoms with Crippen LogP contribution in [0.1, 0.15) is 114 Å². The van der Waals surface area contributed by atoms with Gasteiger partial charge in [-0.3, -0.25) is 4.79 Å². The fourth-order valence-electron chi connectivity index (χ4n) is 4.52. The van der Waals surface area contributed by atoms with Gasteiger partial charge in [-0.1, -0.05) is 114 Å². The van der Waals surface area contributed by atoms with E-state index < -0.39 is 5.06 Å². The van der Waals surface area contributed by atoms with Gasteiger partial charge in [-0.25, -0.2) is 4.57 Å². The van der Waals surface area contributed by atoms with Gasteiger partial charge in [0.1, 0.15) is 6.54 Å². The minimum absolute atomic E-state index is 0. The fourth-order valence-corrected chi connectivity index (χ4v) is 4.74. The van der Waals surface area contributed by atoms with E-state index in [1.165, 1.54) is 83.5 Å². The van der Waals surface area contributed by atoms with E-state index in [2.05, 4.69) is 19.2 Å². The van der Waals surface area contributed by atoms with Gasteiger partial charge in [0.2, 0.25) is 0 Å². The number of amides is 1. The number of nitrogens with zero attached hydrogens (tertiary/aromatic N) is 1. The summed E-state index contributed by atoms with van der Waals surface area (Å²) in [6, 6.07) is 3.70. The molecule has 0 aromatic carbocycles. The first kappa shape index (κ1) is 34.1. The SMILES string of the molecule is CCCCCCCCCCCCCCCCOC1(Cl)C=CC(CNC(=O)c2cc[n+](CC)cc2)C=C1.[I-]. The molecule has 0 radical (unpaired) electrons. The summed E-state index contributed by atoms with van der Waals surface area (Å²) >= 11 is 6.60. The third-order valence-electron chi connectivity index (χ3n) is 6.98. The Balaban J connectivity index is 0.00000684. The lowest BCUT2D eigenvalue weighted by Crippen LogP contribution is -3.00. The van der Waals surface area contributed by atoms with Crippen LogP contribution in [-0.4, -0.2) is 24.1 Å². The third kappa shape index (κ3) is 15.3. The molecule has 37 heavy (non-hydrogen) atoms. The number of pyridine rings is 1. The van der Waals surface area contributed by atoms with Crippen molar-refractivity contribution >= 4 is 17.5 Å². The minimum Gasteiger partial charge on any atom is -1.00 e. The third-order valence-corrected chi connectivity index (χ3v) is 7.34. The van der Waals surface area contributed by atoms with Crippen molar-refractivity contribution in [1.82, 2.24) is 5.32 Å². The number of hydrogen-bond donors (Lipinski definition) is 1. The molecule has 4 nitrogen and oxygen atoms in total. The van der Waals surface area contributed by atoms with E-state index in [9.17, 15) is 4.79 Å². The van der Waals surface area contributed by atoms with E-state index >= 15 is 0 Å². The predicted octanol–water partition coefficient (Wildman–Crippen LogP) is 4.90. The summed E-state index contributed by atoms with van der Waals surface area (Å²) in [4.78, 5) is 12.4. The molecule has 1 N–H and O–H groups in total. The first-order chi connectivity index (χ1) is 17.6. The fraction of sp³-hybridized carbons (Fsp3) is 0.677. The maximum atomic E-state index is 12.4. The number of aromatic nitrogens is 1. The number of halogens is 2. The second-order valence-electron chi connectivity index (χ2n) is 10.2. The van der Waals surface area contributed by atoms with Crippen LogP contribution in [0.25, 0.3) is 0 Å². The molecular weight excluding hydrogens is 595 g/mol. The van der Waals surface area contributed by atoms with Crippen molar-refractivity contribution < 1.29 is 38.1 Å². The standard InChI is InChI=1S/C31H49ClN2O2.HI/c1-3-5-6-7-8-9-10-11-12-13-14-15-16-17-26-36-31(32)22-18-28(19-23-31)27-33-30(35)29-20-24-34(4-2)25-21-29;/h18-25,28H,3-17,26-27H2,1-2H3;1H. The molecule has 0 atom stereocenters. The molecule has 0 fully saturated rings. The minimum atomic E-state index is -0.857. The highest BCUT2D eigenvalue weighted by molar-refractivity contribution is 6.25. The van der Waals surface area contributed by atoms with Gasteiger partial charge in [0, 0.05) is 31.2 Å². The van der Waals surface area contributed by atoms with E-state index in [4.69, 9.17) is 16.3 Å². The van der Waals surface area contributed by atoms with Crippen LogP contribution in [-0.2, 0) is 11.3 Å². The molecule has 0 aliphatic heterocycles. The van der Waals surface area contributed by atoms with Gasteiger partial charge in [0.15, 0.2) is 17.5 Å². The van der Waals surface area contributed by atoms with Crippen molar-refractivity contribution in [1.29, 1.82) is 0 Å². The predicted molar refractivity (Wildman–Crippen MR) is 151 cm³/mol. The summed E-state index contributed by atoms with van der Waals surface area (Å²) in [5, 5.41) is 2.14. The number of carbonyl (C=O) groups excluding carboxylic acids is 1. The number of unbranched alkanes of at least 4 members (excludes halogenated alkanes) is 13. The van der Waals surface area contributed by atoms with Crippen LogP contribution < -0.4 is 33.9 Å². The summed E-state index contributed by atoms with van der Waals surface area (Å²) < 4.78 is 7.97. The van der Waals surface area contributed by atoms with E-state index in [0.717, 1.165) is 13.0 Å². The van der Waals surface area contributed by atoms with Crippen LogP contribution in [0.5, 0.6) is 0 Å². The largest absolute Gasteiger partial charge is 1.00 e. The molecular formula is C31H50ClIN2O2. The number of nitrogens with one attached hydrogen (secondary N) is 1. The smallest absolute Gasteiger partial charge is 0.251 e. The zero-order valence-electron chi connectivity index (χ0n) is 23.2. The van der Waals surface area contributed by atoms with Crippen molar-refractivity contribution in [2.45, 2.75) is 115 Å². The zero-order chi connectivity index (χ0) is 25.9. The average molecular weight is 645 g/mol. The van der Waals surface area contributed by atoms with Crippen LogP contribution in [0.2, 0.25) is 0 Å². The molecule has 0 bridgehead atoms. The molecule has 210 valence electrons. The van der Waals surface area contributed by atoms with E-state index in [0.29, 0.717) is 18.7 Å². The molecule has 0 spiro atoms. The number of ether oxygens (including phenoxy) is 1. The Morgan fingerprint density at radius 1 is 0.865 bits per heavy atom. The van der Waals surface area contributed by atoms with Crippen molar-refractivity contribution in [3.05, 3.63) is 54.4 Å². The van der Waals surface area contributed by atoms with Crippen LogP contribution in [0.4, 0.5) is 0 Å². The van der Waals surface area contributed by atoms with Gasteiger partial charge < -0.3 is 34.0 Å². The van der Waals surface area contributed by atoms with E-state index in [1.807, 2.05) is 53.4 Å². The van der Waals surface area contributed by atoms with Gasteiger partial charge in [0.05, 0.1) is 5.56 Å². The lowest BCUT2D eigenvalue weighted by molar-refractivity contribution is -0.693. The first-order valence-electron chi connectivity index (χ1n) is 14.5. The Kier molecular flexibility index (Phi) is 19.3. The second kappa shape index (κ2) is 21.0. The van der Waals surface area contributed by atoms with Crippen LogP contribution >= 0.6 is 11.6 Å². The normalized spacial score (nSPS) is 18.5. The molecule has 0 unspecified atom stereocenters. The molecule has 1 aliphatic rings. The van der Waals surface area contributed by atoms with Crippen molar-refractivity contribution in [2.75, 3.05) is 13.2 Å². The molecule has 1 aromatic rings. The number of alkyl halides is 1. The monoisotopic (exact) mass is 644 g/mol. The topological polar surface area (TPSA) is 42.2 Å². The Labute approximate surface area is 248 Å². The quantitative estimate of drug-likeness (QED) is 0.0722. The van der Waals surface area contributed by atoms with Crippen LogP contribution in [0, 0.1) is 5.92 Å². The summed E-state index contributed by atoms with van der Waals surface area (Å²) in [5.74, 6) is 0.0617. The first-order valence-corrected chi connectivity index (χ1v) is 14.9. The lowest BCUT2D eigenvalue weighted by atomic mass is 10.0. The maximum Gasteiger partial charge on any atom is 0.251 e. The molecule has 1 aliphatic carbocycles. The summed E-state index contributed by atoms with van der Waals surface area (Å²) in [5.41, 5.74) is 0.673. The van der Waals surface area contributed by atoms with Crippen molar-refractivity contribution in [2.24, 2.45) is 5.92 Å². The molecule has 0 saturated heterocycles. The van der Waals surface area contributed by atoms with E-state index in [-0.39, 0.29) is 35.8 Å². The maximum absolute atomic E-state index is 12.4. The molecule has 0 saturated carbocycles. The Hall–Kier alpha value is -0.920. The summed E-state index contributed by atoms with van der Waals surface area (Å²) in [7, 11) is 0. The number of aryl methyl sites for hydroxylation is 1. The van der Waals surface area contributed by atoms with Gasteiger partial charge in [0.25, 0.3) is 5.91 Å². The van der Waals surface area contributed by atoms with E-state index in [1.54, 1.807) is 0 Å². The van der Waals surface area contributed by atoms with Gasteiger partial charge in [-0.15, -0.1) is 0 Å². The Morgan fingerprint density at radius 3 is 1.84 bits per heavy atom. The molecule has 6 heteroatoms. The van der Waals surface area contributed by atoms with Gasteiger partial charge in [-0.05, 0) is 25.5 Å². The van der Waals surface area contributed by atoms with Gasteiger partial charge >= 0.3 is 0 Å². The molecule has 1 heterocycles. The lowest BCUT2D eigenvalue weighted by Gasteiger charge is -2.25. The molecule has 2 rings (SSSR count). The van der Waals surface area contributed by atoms with Crippen LogP contribution in [0.15, 0.2) is 48.8 Å². The second-order valence-corrected chi connectivity index (χ2v) is 10.7. The highest BCUT2D eigenvalue weighted by Gasteiger charge is 2.24. The highest BCUT2D eigenvalue weighted by atomic mass is 127. The zero-order valence-corrected chi connectivity index (χ0v) is 26.2. The molecule has 1 amide bonds. The molecule has 1 aromatic heterocycles. The van der Waals surface area contributed by atoms with Crippen LogP contribution in [0.3, 0.4) is 0 Å². The van der Waals surface area contributed by atoms with Crippen molar-refractivity contribution in [3.63, 3.8) is 0 Å².